The number of hydrogen-bond acceptors (Lipinski definition) is 3. The summed E-state index contributed by atoms with van der Waals surface area (Å²) in [5.41, 5.74) is 2.19. The predicted molar refractivity (Wildman–Crippen MR) is 109 cm³/mol. The second-order valence-corrected chi connectivity index (χ2v) is 6.53. The van der Waals surface area contributed by atoms with Gasteiger partial charge in [0.15, 0.2) is 0 Å². The number of aromatic nitrogens is 1. The summed E-state index contributed by atoms with van der Waals surface area (Å²) in [5.74, 6) is -0.420. The number of hydrogen-bond donors (Lipinski definition) is 2. The minimum absolute atomic E-state index is 0.312. The van der Waals surface area contributed by atoms with Gasteiger partial charge in [-0.3, -0.25) is 4.79 Å². The van der Waals surface area contributed by atoms with Gasteiger partial charge in [-0.25, -0.2) is 4.79 Å². The van der Waals surface area contributed by atoms with Crippen LogP contribution in [-0.4, -0.2) is 16.9 Å². The molecule has 6 heteroatoms. The van der Waals surface area contributed by atoms with E-state index in [1.54, 1.807) is 54.6 Å². The van der Waals surface area contributed by atoms with Crippen LogP contribution < -0.4 is 10.1 Å². The number of rotatable bonds is 4. The number of benzene rings is 3. The van der Waals surface area contributed by atoms with Crippen LogP contribution in [0.3, 0.4) is 0 Å². The number of carbonyl (C=O) groups excluding carboxylic acids is 2. The number of amides is 1. The van der Waals surface area contributed by atoms with Crippen molar-refractivity contribution in [2.45, 2.75) is 0 Å². The van der Waals surface area contributed by atoms with Gasteiger partial charge in [-0.05, 0) is 48.5 Å². The number of nitrogens with one attached hydrogen (secondary N) is 2. The zero-order chi connectivity index (χ0) is 19.5. The Labute approximate surface area is 165 Å². The average molecular weight is 391 g/mol. The van der Waals surface area contributed by atoms with Gasteiger partial charge in [0, 0.05) is 16.6 Å². The molecule has 0 aliphatic heterocycles. The molecule has 1 heterocycles. The molecule has 2 N–H and O–H groups in total. The van der Waals surface area contributed by atoms with E-state index in [-0.39, 0.29) is 5.91 Å². The van der Waals surface area contributed by atoms with Crippen molar-refractivity contribution >= 4 is 40.1 Å². The van der Waals surface area contributed by atoms with Gasteiger partial charge in [-0.2, -0.15) is 0 Å². The van der Waals surface area contributed by atoms with E-state index in [9.17, 15) is 9.59 Å². The molecule has 0 aliphatic carbocycles. The molecule has 4 aromatic rings. The molecule has 0 unspecified atom stereocenters. The van der Waals surface area contributed by atoms with Crippen LogP contribution in [-0.2, 0) is 0 Å². The van der Waals surface area contributed by atoms with Gasteiger partial charge in [0.25, 0.3) is 5.91 Å². The van der Waals surface area contributed by atoms with Crippen LogP contribution >= 0.6 is 11.6 Å². The molecular formula is C22H15ClN2O3. The van der Waals surface area contributed by atoms with Gasteiger partial charge in [-0.15, -0.1) is 0 Å². The third-order valence-electron chi connectivity index (χ3n) is 4.19. The molecule has 0 aliphatic rings. The lowest BCUT2D eigenvalue weighted by molar-refractivity contribution is 0.0729. The summed E-state index contributed by atoms with van der Waals surface area (Å²) in [6, 6.07) is 22.7. The average Bonchev–Trinajstić information content (AvgIpc) is 3.14. The Morgan fingerprint density at radius 1 is 0.893 bits per heavy atom. The van der Waals surface area contributed by atoms with Gasteiger partial charge < -0.3 is 15.0 Å². The highest BCUT2D eigenvalue weighted by Crippen LogP contribution is 2.21. The summed E-state index contributed by atoms with van der Waals surface area (Å²) in [7, 11) is 0. The molecule has 0 atom stereocenters. The molecule has 138 valence electrons. The zero-order valence-corrected chi connectivity index (χ0v) is 15.4. The number of carbonyl (C=O) groups is 2. The maximum Gasteiger partial charge on any atom is 0.360 e. The maximum atomic E-state index is 12.3. The van der Waals surface area contributed by atoms with E-state index >= 15 is 0 Å². The Hall–Kier alpha value is -3.57. The third-order valence-corrected chi connectivity index (χ3v) is 4.52. The molecule has 3 aromatic carbocycles. The molecule has 0 bridgehead atoms. The van der Waals surface area contributed by atoms with Gasteiger partial charge in [0.1, 0.15) is 11.4 Å². The van der Waals surface area contributed by atoms with Crippen molar-refractivity contribution in [2.24, 2.45) is 0 Å². The first kappa shape index (κ1) is 17.8. The van der Waals surface area contributed by atoms with E-state index in [1.165, 1.54) is 0 Å². The highest BCUT2D eigenvalue weighted by molar-refractivity contribution is 6.34. The smallest absolute Gasteiger partial charge is 0.360 e. The van der Waals surface area contributed by atoms with Gasteiger partial charge in [0.2, 0.25) is 0 Å². The molecule has 28 heavy (non-hydrogen) atoms. The quantitative estimate of drug-likeness (QED) is 0.367. The number of fused-ring (bicyclic) bond motifs is 1. The summed E-state index contributed by atoms with van der Waals surface area (Å²) < 4.78 is 5.39. The van der Waals surface area contributed by atoms with Crippen LogP contribution in [0.15, 0.2) is 78.9 Å². The number of aromatic amines is 1. The maximum absolute atomic E-state index is 12.3. The van der Waals surface area contributed by atoms with Crippen molar-refractivity contribution in [1.29, 1.82) is 0 Å². The van der Waals surface area contributed by atoms with Crippen molar-refractivity contribution in [3.63, 3.8) is 0 Å². The fourth-order valence-electron chi connectivity index (χ4n) is 2.80. The van der Waals surface area contributed by atoms with Crippen molar-refractivity contribution in [2.75, 3.05) is 5.32 Å². The van der Waals surface area contributed by atoms with E-state index < -0.39 is 5.97 Å². The number of esters is 1. The SMILES string of the molecule is O=C(Oc1ccc(NC(=O)c2ccccc2Cl)cc1)c1cc2ccccc2[nH]1. The largest absolute Gasteiger partial charge is 0.422 e. The fourth-order valence-corrected chi connectivity index (χ4v) is 3.02. The van der Waals surface area contributed by atoms with Crippen molar-refractivity contribution < 1.29 is 14.3 Å². The molecule has 1 aromatic heterocycles. The van der Waals surface area contributed by atoms with E-state index in [1.807, 2.05) is 24.3 Å². The number of H-pyrrole nitrogens is 1. The summed E-state index contributed by atoms with van der Waals surface area (Å²) >= 11 is 6.03. The van der Waals surface area contributed by atoms with Gasteiger partial charge in [0.05, 0.1) is 10.6 Å². The molecule has 5 nitrogen and oxygen atoms in total. The Bertz CT molecular complexity index is 1130. The lowest BCUT2D eigenvalue weighted by Gasteiger charge is -2.08. The second kappa shape index (κ2) is 7.58. The van der Waals surface area contributed by atoms with Gasteiger partial charge >= 0.3 is 5.97 Å². The van der Waals surface area contributed by atoms with Crippen LogP contribution in [0.5, 0.6) is 5.75 Å². The van der Waals surface area contributed by atoms with Crippen molar-refractivity contribution in [3.8, 4) is 5.75 Å². The molecule has 0 saturated heterocycles. The first-order valence-corrected chi connectivity index (χ1v) is 8.94. The molecule has 4 rings (SSSR count). The number of ether oxygens (including phenoxy) is 1. The van der Waals surface area contributed by atoms with Crippen LogP contribution in [0.1, 0.15) is 20.8 Å². The zero-order valence-electron chi connectivity index (χ0n) is 14.6. The monoisotopic (exact) mass is 390 g/mol. The number of para-hydroxylation sites is 1. The highest BCUT2D eigenvalue weighted by atomic mass is 35.5. The molecule has 0 fully saturated rings. The third kappa shape index (κ3) is 3.75. The Kier molecular flexibility index (Phi) is 4.83. The normalized spacial score (nSPS) is 10.6. The molecule has 1 amide bonds. The standard InChI is InChI=1S/C22H15ClN2O3/c23-18-7-3-2-6-17(18)21(26)24-15-9-11-16(12-10-15)28-22(27)20-13-14-5-1-4-8-19(14)25-20/h1-13,25H,(H,24,26). The van der Waals surface area contributed by atoms with Crippen LogP contribution in [0.4, 0.5) is 5.69 Å². The first-order valence-electron chi connectivity index (χ1n) is 8.56. The summed E-state index contributed by atoms with van der Waals surface area (Å²) in [6.07, 6.45) is 0. The summed E-state index contributed by atoms with van der Waals surface area (Å²) in [6.45, 7) is 0. The van der Waals surface area contributed by atoms with Crippen molar-refractivity contribution in [3.05, 3.63) is 95.1 Å². The van der Waals surface area contributed by atoms with Crippen LogP contribution in [0.25, 0.3) is 10.9 Å². The lowest BCUT2D eigenvalue weighted by Crippen LogP contribution is -2.12. The fraction of sp³-hybridized carbons (Fsp3) is 0. The Morgan fingerprint density at radius 2 is 1.61 bits per heavy atom. The van der Waals surface area contributed by atoms with Crippen LogP contribution in [0, 0.1) is 0 Å². The van der Waals surface area contributed by atoms with E-state index in [0.29, 0.717) is 27.7 Å². The Morgan fingerprint density at radius 3 is 2.36 bits per heavy atom. The number of halogens is 1. The topological polar surface area (TPSA) is 71.2 Å². The van der Waals surface area contributed by atoms with Crippen molar-refractivity contribution in [1.82, 2.24) is 4.98 Å². The lowest BCUT2D eigenvalue weighted by atomic mass is 10.2. The number of anilines is 1. The van der Waals surface area contributed by atoms with E-state index in [2.05, 4.69) is 10.3 Å². The minimum Gasteiger partial charge on any atom is -0.422 e. The molecule has 0 spiro atoms. The van der Waals surface area contributed by atoms with Crippen LogP contribution in [0.2, 0.25) is 5.02 Å². The second-order valence-electron chi connectivity index (χ2n) is 6.12. The molecule has 0 saturated carbocycles. The van der Waals surface area contributed by atoms with E-state index in [4.69, 9.17) is 16.3 Å². The van der Waals surface area contributed by atoms with Gasteiger partial charge in [-0.1, -0.05) is 41.9 Å². The first-order chi connectivity index (χ1) is 13.6. The summed E-state index contributed by atoms with van der Waals surface area (Å²) in [5, 5.41) is 4.07. The Balaban J connectivity index is 1.43. The highest BCUT2D eigenvalue weighted by Gasteiger charge is 2.13. The predicted octanol–water partition coefficient (Wildman–Crippen LogP) is 5.29. The molecular weight excluding hydrogens is 376 g/mol. The summed E-state index contributed by atoms with van der Waals surface area (Å²) in [4.78, 5) is 27.6. The minimum atomic E-state index is -0.482. The van der Waals surface area contributed by atoms with E-state index in [0.717, 1.165) is 10.9 Å². The molecule has 0 radical (unpaired) electrons.